The average molecular weight is 413 g/mol. The maximum atomic E-state index is 12.2. The zero-order valence-corrected chi connectivity index (χ0v) is 16.5. The Labute approximate surface area is 166 Å². The molecule has 0 aliphatic carbocycles. The molecule has 1 unspecified atom stereocenters. The number of thioether (sulfide) groups is 1. The highest BCUT2D eigenvalue weighted by Crippen LogP contribution is 2.23. The first-order chi connectivity index (χ1) is 12.4. The third kappa shape index (κ3) is 6.44. The molecule has 138 valence electrons. The summed E-state index contributed by atoms with van der Waals surface area (Å²) < 4.78 is 5.07. The standard InChI is InChI=1S/C18H18Cl2N2O3S/c1-11(18(24)22-15-8-12(19)7-13(20)9-15)26-10-17(23)21-14-3-5-16(25-2)6-4-14/h3-9,11H,10H2,1-2H3,(H,21,23)(H,22,24). The topological polar surface area (TPSA) is 67.4 Å². The van der Waals surface area contributed by atoms with Crippen molar-refractivity contribution >= 4 is 58.2 Å². The van der Waals surface area contributed by atoms with E-state index in [4.69, 9.17) is 27.9 Å². The molecule has 2 amide bonds. The number of ether oxygens (including phenoxy) is 1. The molecule has 2 aromatic carbocycles. The van der Waals surface area contributed by atoms with E-state index in [9.17, 15) is 9.59 Å². The van der Waals surface area contributed by atoms with Gasteiger partial charge >= 0.3 is 0 Å². The molecule has 0 spiro atoms. The molecule has 0 saturated heterocycles. The molecule has 0 saturated carbocycles. The van der Waals surface area contributed by atoms with Crippen molar-refractivity contribution in [3.63, 3.8) is 0 Å². The molecule has 1 atom stereocenters. The van der Waals surface area contributed by atoms with E-state index in [1.807, 2.05) is 0 Å². The van der Waals surface area contributed by atoms with Gasteiger partial charge in [0, 0.05) is 21.4 Å². The van der Waals surface area contributed by atoms with Crippen LogP contribution in [-0.4, -0.2) is 29.9 Å². The molecule has 0 radical (unpaired) electrons. The predicted octanol–water partition coefficient (Wildman–Crippen LogP) is 4.70. The fourth-order valence-electron chi connectivity index (χ4n) is 2.02. The fourth-order valence-corrected chi connectivity index (χ4v) is 3.23. The molecule has 5 nitrogen and oxygen atoms in total. The first kappa shape index (κ1) is 20.4. The molecule has 2 aromatic rings. The smallest absolute Gasteiger partial charge is 0.237 e. The van der Waals surface area contributed by atoms with Crippen molar-refractivity contribution in [3.8, 4) is 5.75 Å². The molecular weight excluding hydrogens is 395 g/mol. The van der Waals surface area contributed by atoms with Crippen molar-refractivity contribution in [1.29, 1.82) is 0 Å². The molecule has 0 fully saturated rings. The van der Waals surface area contributed by atoms with Gasteiger partial charge in [0.2, 0.25) is 11.8 Å². The van der Waals surface area contributed by atoms with Gasteiger partial charge in [-0.3, -0.25) is 9.59 Å². The van der Waals surface area contributed by atoms with Crippen LogP contribution in [0.15, 0.2) is 42.5 Å². The van der Waals surface area contributed by atoms with Crippen LogP contribution in [0.2, 0.25) is 10.0 Å². The summed E-state index contributed by atoms with van der Waals surface area (Å²) in [4.78, 5) is 24.2. The summed E-state index contributed by atoms with van der Waals surface area (Å²) in [6, 6.07) is 11.8. The summed E-state index contributed by atoms with van der Waals surface area (Å²) in [6.07, 6.45) is 0. The van der Waals surface area contributed by atoms with Crippen molar-refractivity contribution in [3.05, 3.63) is 52.5 Å². The number of hydrogen-bond acceptors (Lipinski definition) is 4. The van der Waals surface area contributed by atoms with Crippen LogP contribution in [0.3, 0.4) is 0 Å². The number of carbonyl (C=O) groups excluding carboxylic acids is 2. The van der Waals surface area contributed by atoms with Crippen LogP contribution >= 0.6 is 35.0 Å². The summed E-state index contributed by atoms with van der Waals surface area (Å²) in [5.41, 5.74) is 1.18. The van der Waals surface area contributed by atoms with E-state index in [0.29, 0.717) is 27.2 Å². The van der Waals surface area contributed by atoms with Gasteiger partial charge < -0.3 is 15.4 Å². The number of hydrogen-bond donors (Lipinski definition) is 2. The van der Waals surface area contributed by atoms with Crippen molar-refractivity contribution in [2.24, 2.45) is 0 Å². The van der Waals surface area contributed by atoms with Crippen LogP contribution in [0.4, 0.5) is 11.4 Å². The van der Waals surface area contributed by atoms with E-state index in [2.05, 4.69) is 10.6 Å². The maximum Gasteiger partial charge on any atom is 0.237 e. The number of benzene rings is 2. The van der Waals surface area contributed by atoms with E-state index in [-0.39, 0.29) is 17.6 Å². The lowest BCUT2D eigenvalue weighted by atomic mass is 10.3. The number of methoxy groups -OCH3 is 1. The average Bonchev–Trinajstić information content (AvgIpc) is 2.59. The molecular formula is C18H18Cl2N2O3S. The van der Waals surface area contributed by atoms with Gasteiger partial charge in [0.1, 0.15) is 5.75 Å². The molecule has 2 rings (SSSR count). The monoisotopic (exact) mass is 412 g/mol. The van der Waals surface area contributed by atoms with E-state index in [1.165, 1.54) is 11.8 Å². The van der Waals surface area contributed by atoms with Crippen LogP contribution in [0.25, 0.3) is 0 Å². The van der Waals surface area contributed by atoms with Crippen molar-refractivity contribution in [2.75, 3.05) is 23.5 Å². The normalized spacial score (nSPS) is 11.5. The molecule has 8 heteroatoms. The lowest BCUT2D eigenvalue weighted by molar-refractivity contribution is -0.115. The summed E-state index contributed by atoms with van der Waals surface area (Å²) in [7, 11) is 1.58. The molecule has 0 bridgehead atoms. The Hall–Kier alpha value is -1.89. The lowest BCUT2D eigenvalue weighted by Crippen LogP contribution is -2.25. The maximum absolute atomic E-state index is 12.2. The van der Waals surface area contributed by atoms with E-state index in [0.717, 1.165) is 0 Å². The van der Waals surface area contributed by atoms with Crippen molar-refractivity contribution in [1.82, 2.24) is 0 Å². The molecule has 0 heterocycles. The lowest BCUT2D eigenvalue weighted by Gasteiger charge is -2.12. The Morgan fingerprint density at radius 3 is 2.23 bits per heavy atom. The second kappa shape index (κ2) is 9.71. The Morgan fingerprint density at radius 2 is 1.65 bits per heavy atom. The Kier molecular flexibility index (Phi) is 7.63. The van der Waals surface area contributed by atoms with Gasteiger partial charge in [-0.05, 0) is 49.4 Å². The predicted molar refractivity (Wildman–Crippen MR) is 109 cm³/mol. The highest BCUT2D eigenvalue weighted by atomic mass is 35.5. The van der Waals surface area contributed by atoms with Crippen LogP contribution in [-0.2, 0) is 9.59 Å². The summed E-state index contributed by atoms with van der Waals surface area (Å²) in [5, 5.41) is 5.96. The molecule has 0 aliphatic rings. The van der Waals surface area contributed by atoms with Gasteiger partial charge in [-0.1, -0.05) is 23.2 Å². The van der Waals surface area contributed by atoms with E-state index >= 15 is 0 Å². The summed E-state index contributed by atoms with van der Waals surface area (Å²) >= 11 is 13.1. The molecule has 0 aliphatic heterocycles. The van der Waals surface area contributed by atoms with Gasteiger partial charge in [-0.25, -0.2) is 0 Å². The van der Waals surface area contributed by atoms with Gasteiger partial charge in [-0.2, -0.15) is 0 Å². The highest BCUT2D eigenvalue weighted by Gasteiger charge is 2.16. The van der Waals surface area contributed by atoms with Crippen LogP contribution < -0.4 is 15.4 Å². The van der Waals surface area contributed by atoms with Crippen molar-refractivity contribution < 1.29 is 14.3 Å². The molecule has 0 aromatic heterocycles. The van der Waals surface area contributed by atoms with Gasteiger partial charge in [0.25, 0.3) is 0 Å². The third-order valence-corrected chi connectivity index (χ3v) is 4.92. The number of carbonyl (C=O) groups is 2. The SMILES string of the molecule is COc1ccc(NC(=O)CSC(C)C(=O)Nc2cc(Cl)cc(Cl)c2)cc1. The van der Waals surface area contributed by atoms with Crippen LogP contribution in [0.1, 0.15) is 6.92 Å². The van der Waals surface area contributed by atoms with E-state index < -0.39 is 5.25 Å². The Bertz CT molecular complexity index is 764. The minimum atomic E-state index is -0.422. The first-order valence-electron chi connectivity index (χ1n) is 7.70. The highest BCUT2D eigenvalue weighted by molar-refractivity contribution is 8.01. The number of halogens is 2. The quantitative estimate of drug-likeness (QED) is 0.691. The first-order valence-corrected chi connectivity index (χ1v) is 9.50. The summed E-state index contributed by atoms with van der Waals surface area (Å²) in [5.74, 6) is 0.441. The third-order valence-electron chi connectivity index (χ3n) is 3.34. The fraction of sp³-hybridized carbons (Fsp3) is 0.222. The zero-order chi connectivity index (χ0) is 19.1. The number of nitrogens with one attached hydrogen (secondary N) is 2. The zero-order valence-electron chi connectivity index (χ0n) is 14.2. The second-order valence-corrected chi connectivity index (χ2v) is 7.58. The van der Waals surface area contributed by atoms with Gasteiger partial charge in [-0.15, -0.1) is 11.8 Å². The van der Waals surface area contributed by atoms with Crippen molar-refractivity contribution in [2.45, 2.75) is 12.2 Å². The molecule has 26 heavy (non-hydrogen) atoms. The number of amides is 2. The second-order valence-electron chi connectivity index (χ2n) is 5.38. The Morgan fingerprint density at radius 1 is 1.04 bits per heavy atom. The summed E-state index contributed by atoms with van der Waals surface area (Å²) in [6.45, 7) is 1.73. The van der Waals surface area contributed by atoms with Crippen LogP contribution in [0, 0.1) is 0 Å². The minimum absolute atomic E-state index is 0.150. The largest absolute Gasteiger partial charge is 0.497 e. The van der Waals surface area contributed by atoms with Gasteiger partial charge in [0.05, 0.1) is 18.1 Å². The van der Waals surface area contributed by atoms with E-state index in [1.54, 1.807) is 56.5 Å². The minimum Gasteiger partial charge on any atom is -0.497 e. The number of anilines is 2. The molecule has 2 N–H and O–H groups in total. The van der Waals surface area contributed by atoms with Gasteiger partial charge in [0.15, 0.2) is 0 Å². The Balaban J connectivity index is 1.81. The van der Waals surface area contributed by atoms with Crippen LogP contribution in [0.5, 0.6) is 5.75 Å². The number of rotatable bonds is 7.